The first-order valence-corrected chi connectivity index (χ1v) is 21.8. The van der Waals surface area contributed by atoms with Gasteiger partial charge in [-0.2, -0.15) is 5.10 Å². The smallest absolute Gasteiger partial charge is 0.312 e. The molecule has 66 heavy (non-hydrogen) atoms. The number of benzene rings is 4. The number of aliphatic hydroxyl groups excluding tert-OH is 2. The monoisotopic (exact) mass is 905 g/mol. The molecule has 0 radical (unpaired) electrons. The lowest BCUT2D eigenvalue weighted by Crippen LogP contribution is -2.46. The van der Waals surface area contributed by atoms with E-state index in [-0.39, 0.29) is 51.0 Å². The number of methoxy groups -OCH3 is 1. The molecule has 5 bridgehead atoms. The maximum atomic E-state index is 14.6. The van der Waals surface area contributed by atoms with Crippen LogP contribution >= 0.6 is 0 Å². The van der Waals surface area contributed by atoms with Crippen molar-refractivity contribution in [1.29, 1.82) is 0 Å². The van der Waals surface area contributed by atoms with Gasteiger partial charge in [0.2, 0.25) is 0 Å². The number of amides is 1. The highest BCUT2D eigenvalue weighted by atomic mass is 16.7. The number of carbonyl (C=O) groups is 3. The second-order valence-corrected chi connectivity index (χ2v) is 17.2. The first-order valence-electron chi connectivity index (χ1n) is 21.8. The number of rotatable bonds is 7. The van der Waals surface area contributed by atoms with Crippen LogP contribution in [0.3, 0.4) is 0 Å². The van der Waals surface area contributed by atoms with E-state index in [1.54, 1.807) is 44.9 Å². The summed E-state index contributed by atoms with van der Waals surface area (Å²) in [5.41, 5.74) is 1.02. The minimum Gasteiger partial charge on any atom is -0.507 e. The number of carbonyl (C=O) groups excluding carboxylic acids is 3. The number of anilines is 2. The number of aromatic hydroxyl groups is 3. The number of esters is 1. The third kappa shape index (κ3) is 9.78. The fraction of sp³-hybridized carbons (Fsp3) is 0.373. The van der Waals surface area contributed by atoms with Gasteiger partial charge in [0.25, 0.3) is 11.7 Å². The largest absolute Gasteiger partial charge is 0.507 e. The number of nitrogens with one attached hydrogen (secondary N) is 1. The van der Waals surface area contributed by atoms with E-state index in [2.05, 4.69) is 5.32 Å². The number of fused-ring (bicyclic) bond motifs is 14. The Hall–Kier alpha value is -6.68. The summed E-state index contributed by atoms with van der Waals surface area (Å²) < 4.78 is 23.8. The molecular weight excluding hydrogens is 847 g/mol. The molecule has 0 aliphatic carbocycles. The van der Waals surface area contributed by atoms with Crippen molar-refractivity contribution in [1.82, 2.24) is 0 Å². The Morgan fingerprint density at radius 2 is 1.53 bits per heavy atom. The number of ketones is 1. The second kappa shape index (κ2) is 20.2. The minimum absolute atomic E-state index is 0.0334. The lowest BCUT2D eigenvalue weighted by Gasteiger charge is -2.38. The van der Waals surface area contributed by atoms with E-state index in [1.165, 1.54) is 59.4 Å². The standard InChI is InChI=1S/C51H59N3O12/c1-27-17-16-18-28(2)50(62)53-41-36(25-52-54(35-21-14-11-15-22-35)26-34-19-12-10-13-20-34)45(59)38-39(46(41)60)44(58)32(6)48-40(38)49(61)51(8,66-48)64-24-23-37(63-9)29(3)47(65-33(7)55)31(5)43(57)30(4)42(27)56/h10-25,27,29-31,37,42-43,47,56-60H,26H2,1-9H3,(H,53,62)/b17-16+,24-23+,28-18-,52-25?/t27-,29-,30+,31-,37-,42-,43+,47+,51-/m0/s1. The van der Waals surface area contributed by atoms with Crippen LogP contribution in [0.4, 0.5) is 11.4 Å². The molecule has 9 atom stereocenters. The quantitative estimate of drug-likeness (QED) is 0.0344. The third-order valence-corrected chi connectivity index (χ3v) is 12.6. The van der Waals surface area contributed by atoms with Crippen LogP contribution in [0.5, 0.6) is 23.0 Å². The van der Waals surface area contributed by atoms with E-state index in [9.17, 15) is 39.9 Å². The number of allylic oxidation sites excluding steroid dienone is 2. The minimum atomic E-state index is -2.08. The first kappa shape index (κ1) is 48.8. The number of phenols is 3. The fourth-order valence-electron chi connectivity index (χ4n) is 8.56. The van der Waals surface area contributed by atoms with Gasteiger partial charge in [0.05, 0.1) is 65.2 Å². The second-order valence-electron chi connectivity index (χ2n) is 17.2. The predicted octanol–water partition coefficient (Wildman–Crippen LogP) is 7.79. The van der Waals surface area contributed by atoms with E-state index < -0.39 is 88.8 Å². The van der Waals surface area contributed by atoms with Crippen LogP contribution in [0.1, 0.15) is 75.5 Å². The van der Waals surface area contributed by atoms with Gasteiger partial charge in [-0.15, -0.1) is 0 Å². The summed E-state index contributed by atoms with van der Waals surface area (Å²) in [6, 6.07) is 18.7. The number of nitrogens with zero attached hydrogens (tertiary/aromatic N) is 2. The Morgan fingerprint density at radius 1 is 0.879 bits per heavy atom. The summed E-state index contributed by atoms with van der Waals surface area (Å²) in [6.45, 7) is 12.8. The van der Waals surface area contributed by atoms with Crippen molar-refractivity contribution in [3.63, 3.8) is 0 Å². The summed E-state index contributed by atoms with van der Waals surface area (Å²) in [6.07, 6.45) is 4.72. The van der Waals surface area contributed by atoms with E-state index in [1.807, 2.05) is 60.7 Å². The topological polar surface area (TPSA) is 217 Å². The van der Waals surface area contributed by atoms with Gasteiger partial charge >= 0.3 is 11.8 Å². The molecule has 7 rings (SSSR count). The molecule has 0 saturated heterocycles. The molecule has 3 heterocycles. The summed E-state index contributed by atoms with van der Waals surface area (Å²) >= 11 is 0. The van der Waals surface area contributed by atoms with Crippen molar-refractivity contribution in [2.75, 3.05) is 17.4 Å². The zero-order chi connectivity index (χ0) is 48.2. The maximum Gasteiger partial charge on any atom is 0.312 e. The van der Waals surface area contributed by atoms with Gasteiger partial charge in [0, 0.05) is 61.2 Å². The van der Waals surface area contributed by atoms with Gasteiger partial charge in [-0.3, -0.25) is 19.4 Å². The highest BCUT2D eigenvalue weighted by Gasteiger charge is 2.50. The number of ether oxygens (including phenoxy) is 4. The van der Waals surface area contributed by atoms with Crippen LogP contribution in [0.2, 0.25) is 0 Å². The summed E-state index contributed by atoms with van der Waals surface area (Å²) in [4.78, 5) is 41.1. The Bertz CT molecular complexity index is 2580. The van der Waals surface area contributed by atoms with Crippen LogP contribution in [0, 0.1) is 30.6 Å². The van der Waals surface area contributed by atoms with Crippen molar-refractivity contribution in [3.8, 4) is 23.0 Å². The molecule has 4 aromatic carbocycles. The van der Waals surface area contributed by atoms with Crippen molar-refractivity contribution in [2.24, 2.45) is 28.8 Å². The van der Waals surface area contributed by atoms with Gasteiger partial charge in [0.1, 0.15) is 23.4 Å². The van der Waals surface area contributed by atoms with E-state index in [4.69, 9.17) is 24.0 Å². The lowest BCUT2D eigenvalue weighted by molar-refractivity contribution is -0.160. The van der Waals surface area contributed by atoms with Gasteiger partial charge in [0.15, 0.2) is 5.75 Å². The molecule has 4 aromatic rings. The highest BCUT2D eigenvalue weighted by Crippen LogP contribution is 2.55. The molecule has 0 fully saturated rings. The van der Waals surface area contributed by atoms with Crippen molar-refractivity contribution in [2.45, 2.75) is 92.1 Å². The lowest BCUT2D eigenvalue weighted by atomic mass is 9.78. The number of aliphatic hydroxyl groups is 2. The normalized spacial score (nSPS) is 28.0. The number of Topliss-reactive ketones (excluding diaryl/α,β-unsaturated/α-hetero) is 1. The molecule has 0 spiro atoms. The Balaban J connectivity index is 1.56. The van der Waals surface area contributed by atoms with Gasteiger partial charge < -0.3 is 49.8 Å². The third-order valence-electron chi connectivity index (χ3n) is 12.6. The molecule has 15 nitrogen and oxygen atoms in total. The molecule has 3 aliphatic rings. The van der Waals surface area contributed by atoms with Crippen LogP contribution < -0.4 is 15.1 Å². The average Bonchev–Trinajstić information content (AvgIpc) is 3.57. The van der Waals surface area contributed by atoms with Crippen LogP contribution in [0.15, 0.2) is 102 Å². The molecule has 3 aliphatic heterocycles. The van der Waals surface area contributed by atoms with Crippen LogP contribution in [-0.4, -0.2) is 86.7 Å². The van der Waals surface area contributed by atoms with Crippen molar-refractivity contribution >= 4 is 46.0 Å². The van der Waals surface area contributed by atoms with Crippen LogP contribution in [0.25, 0.3) is 10.8 Å². The molecule has 350 valence electrons. The Kier molecular flexibility index (Phi) is 14.9. The molecule has 0 aromatic heterocycles. The number of para-hydroxylation sites is 1. The number of hydrogen-bond acceptors (Lipinski definition) is 14. The fourth-order valence-corrected chi connectivity index (χ4v) is 8.56. The summed E-state index contributed by atoms with van der Waals surface area (Å²) in [7, 11) is 1.43. The number of hydrazone groups is 1. The van der Waals surface area contributed by atoms with Crippen molar-refractivity contribution < 1.29 is 58.9 Å². The number of hydrogen-bond donors (Lipinski definition) is 6. The average molecular weight is 906 g/mol. The Morgan fingerprint density at radius 3 is 2.17 bits per heavy atom. The summed E-state index contributed by atoms with van der Waals surface area (Å²) in [5.74, 6) is -8.68. The van der Waals surface area contributed by atoms with Gasteiger partial charge in [-0.1, -0.05) is 94.5 Å². The van der Waals surface area contributed by atoms with Crippen molar-refractivity contribution in [3.05, 3.63) is 119 Å². The Labute approximate surface area is 384 Å². The molecule has 6 N–H and O–H groups in total. The van der Waals surface area contributed by atoms with E-state index in [0.717, 1.165) is 5.56 Å². The van der Waals surface area contributed by atoms with E-state index in [0.29, 0.717) is 5.69 Å². The number of phenolic OH excluding ortho intramolecular Hbond substituents is 3. The molecule has 0 unspecified atom stereocenters. The van der Waals surface area contributed by atoms with Crippen LogP contribution in [-0.2, 0) is 30.3 Å². The zero-order valence-electron chi connectivity index (χ0n) is 38.6. The SMILES string of the molecule is CO[C@H]1/C=C/O[C@@]2(C)Oc3c(C)c(O)c4c(O)c(c(C=NN(Cc5ccccc5)c5ccccc5)c(O)c4c3C2=O)NC(=O)/C(C)=C\C=C\[C@H](C)[C@H](O)[C@@H](C)[C@@H](O)[C@H](C)[C@H](OC(C)=O)[C@H]1C. The molecule has 0 saturated carbocycles. The maximum absolute atomic E-state index is 14.6. The summed E-state index contributed by atoms with van der Waals surface area (Å²) in [5, 5.41) is 67.8. The highest BCUT2D eigenvalue weighted by molar-refractivity contribution is 6.24. The molecular formula is C51H59N3O12. The first-order chi connectivity index (χ1) is 31.3. The van der Waals surface area contributed by atoms with E-state index >= 15 is 0 Å². The molecule has 15 heteroatoms. The van der Waals surface area contributed by atoms with Gasteiger partial charge in [-0.25, -0.2) is 0 Å². The zero-order valence-corrected chi connectivity index (χ0v) is 38.6. The molecule has 1 amide bonds. The van der Waals surface area contributed by atoms with Gasteiger partial charge in [-0.05, 0) is 37.6 Å². The predicted molar refractivity (Wildman–Crippen MR) is 250 cm³/mol.